The summed E-state index contributed by atoms with van der Waals surface area (Å²) in [6.45, 7) is 5.29. The number of carbonyl (C=O) groups is 3. The SMILES string of the molecule is CNC(=O)CC1(C=O)CN(C(C)C)Cc2cc(C(N)=O)nn2C1. The van der Waals surface area contributed by atoms with E-state index < -0.39 is 11.3 Å². The van der Waals surface area contributed by atoms with E-state index in [0.717, 1.165) is 12.0 Å². The molecular weight excluding hydrogens is 298 g/mol. The fraction of sp³-hybridized carbons (Fsp3) is 0.600. The Kier molecular flexibility index (Phi) is 4.84. The van der Waals surface area contributed by atoms with E-state index in [0.29, 0.717) is 13.1 Å². The molecule has 0 fully saturated rings. The van der Waals surface area contributed by atoms with Crippen LogP contribution in [-0.2, 0) is 22.7 Å². The Morgan fingerprint density at radius 1 is 1.48 bits per heavy atom. The number of fused-ring (bicyclic) bond motifs is 1. The Hall–Kier alpha value is -2.22. The van der Waals surface area contributed by atoms with E-state index in [9.17, 15) is 14.4 Å². The van der Waals surface area contributed by atoms with Gasteiger partial charge in [-0.3, -0.25) is 19.2 Å². The highest BCUT2D eigenvalue weighted by atomic mass is 16.2. The predicted molar refractivity (Wildman–Crippen MR) is 83.5 cm³/mol. The van der Waals surface area contributed by atoms with Crippen LogP contribution in [0.5, 0.6) is 0 Å². The van der Waals surface area contributed by atoms with E-state index >= 15 is 0 Å². The number of nitrogens with one attached hydrogen (secondary N) is 1. The van der Waals surface area contributed by atoms with Gasteiger partial charge in [0.25, 0.3) is 5.91 Å². The molecule has 1 unspecified atom stereocenters. The van der Waals surface area contributed by atoms with Crippen molar-refractivity contribution in [1.82, 2.24) is 20.0 Å². The van der Waals surface area contributed by atoms with Crippen LogP contribution in [0, 0.1) is 5.41 Å². The van der Waals surface area contributed by atoms with Crippen molar-refractivity contribution in [1.29, 1.82) is 0 Å². The summed E-state index contributed by atoms with van der Waals surface area (Å²) in [6.07, 6.45) is 0.903. The van der Waals surface area contributed by atoms with Crippen LogP contribution in [0.2, 0.25) is 0 Å². The van der Waals surface area contributed by atoms with Crippen molar-refractivity contribution in [3.63, 3.8) is 0 Å². The lowest BCUT2D eigenvalue weighted by molar-refractivity contribution is -0.129. The second kappa shape index (κ2) is 6.49. The van der Waals surface area contributed by atoms with Crippen LogP contribution in [-0.4, -0.2) is 52.4 Å². The van der Waals surface area contributed by atoms with Gasteiger partial charge in [0.05, 0.1) is 17.7 Å². The molecule has 1 atom stereocenters. The Bertz CT molecular complexity index is 625. The molecule has 0 aromatic carbocycles. The molecule has 8 nitrogen and oxygen atoms in total. The summed E-state index contributed by atoms with van der Waals surface area (Å²) >= 11 is 0. The topological polar surface area (TPSA) is 110 Å². The quantitative estimate of drug-likeness (QED) is 0.712. The second-order valence-corrected chi connectivity index (χ2v) is 6.37. The largest absolute Gasteiger partial charge is 0.364 e. The summed E-state index contributed by atoms with van der Waals surface area (Å²) in [7, 11) is 1.54. The van der Waals surface area contributed by atoms with Gasteiger partial charge < -0.3 is 15.8 Å². The third kappa shape index (κ3) is 3.58. The van der Waals surface area contributed by atoms with Crippen LogP contribution in [0.4, 0.5) is 0 Å². The highest BCUT2D eigenvalue weighted by molar-refractivity contribution is 5.90. The van der Waals surface area contributed by atoms with E-state index in [1.807, 2.05) is 13.8 Å². The van der Waals surface area contributed by atoms with E-state index in [-0.39, 0.29) is 30.6 Å². The average Bonchev–Trinajstić information content (AvgIpc) is 2.82. The van der Waals surface area contributed by atoms with Crippen LogP contribution in [0.1, 0.15) is 36.5 Å². The summed E-state index contributed by atoms with van der Waals surface area (Å²) in [5.41, 5.74) is 5.39. The zero-order valence-corrected chi connectivity index (χ0v) is 13.7. The normalized spacial score (nSPS) is 21.6. The Balaban J connectivity index is 2.45. The molecule has 3 N–H and O–H groups in total. The van der Waals surface area contributed by atoms with Gasteiger partial charge in [-0.25, -0.2) is 0 Å². The zero-order valence-electron chi connectivity index (χ0n) is 13.7. The van der Waals surface area contributed by atoms with Crippen LogP contribution in [0.3, 0.4) is 0 Å². The molecule has 0 saturated carbocycles. The van der Waals surface area contributed by atoms with E-state index in [1.54, 1.807) is 17.8 Å². The number of aromatic nitrogens is 2. The fourth-order valence-corrected chi connectivity index (χ4v) is 2.86. The van der Waals surface area contributed by atoms with E-state index in [4.69, 9.17) is 5.73 Å². The van der Waals surface area contributed by atoms with Crippen molar-refractivity contribution < 1.29 is 14.4 Å². The molecule has 126 valence electrons. The van der Waals surface area contributed by atoms with Crippen molar-refractivity contribution in [2.24, 2.45) is 11.1 Å². The fourth-order valence-electron chi connectivity index (χ4n) is 2.86. The molecule has 1 aliphatic heterocycles. The number of hydrogen-bond acceptors (Lipinski definition) is 5. The van der Waals surface area contributed by atoms with Crippen LogP contribution in [0.15, 0.2) is 6.07 Å². The minimum atomic E-state index is -0.892. The summed E-state index contributed by atoms with van der Waals surface area (Å²) < 4.78 is 1.62. The lowest BCUT2D eigenvalue weighted by atomic mass is 9.84. The van der Waals surface area contributed by atoms with Crippen molar-refractivity contribution in [3.8, 4) is 0 Å². The zero-order chi connectivity index (χ0) is 17.2. The molecule has 1 aliphatic rings. The molecular formula is C15H23N5O3. The van der Waals surface area contributed by atoms with Gasteiger partial charge >= 0.3 is 0 Å². The number of amides is 2. The molecule has 0 bridgehead atoms. The smallest absolute Gasteiger partial charge is 0.269 e. The number of primary amides is 1. The van der Waals surface area contributed by atoms with E-state index in [1.165, 1.54) is 0 Å². The summed E-state index contributed by atoms with van der Waals surface area (Å²) in [5.74, 6) is -0.809. The third-order valence-corrected chi connectivity index (χ3v) is 4.24. The number of hydrogen-bond donors (Lipinski definition) is 2. The summed E-state index contributed by atoms with van der Waals surface area (Å²) in [6, 6.07) is 1.83. The number of carbonyl (C=O) groups excluding carboxylic acids is 3. The molecule has 0 saturated heterocycles. The highest BCUT2D eigenvalue weighted by Gasteiger charge is 2.39. The third-order valence-electron chi connectivity index (χ3n) is 4.24. The predicted octanol–water partition coefficient (Wildman–Crippen LogP) is -0.473. The van der Waals surface area contributed by atoms with Crippen LogP contribution < -0.4 is 11.1 Å². The van der Waals surface area contributed by atoms with Gasteiger partial charge in [-0.2, -0.15) is 5.10 Å². The standard InChI is InChI=1S/C15H23N5O3/c1-10(2)19-6-11-4-12(14(16)23)18-20(11)8-15(7-19,9-21)5-13(22)17-3/h4,9-10H,5-8H2,1-3H3,(H2,16,23)(H,17,22). The van der Waals surface area contributed by atoms with Gasteiger partial charge in [-0.1, -0.05) is 0 Å². The highest BCUT2D eigenvalue weighted by Crippen LogP contribution is 2.30. The van der Waals surface area contributed by atoms with Crippen molar-refractivity contribution in [3.05, 3.63) is 17.5 Å². The van der Waals surface area contributed by atoms with Crippen LogP contribution in [0.25, 0.3) is 0 Å². The molecule has 1 aromatic rings. The lowest BCUT2D eigenvalue weighted by Gasteiger charge is -2.33. The van der Waals surface area contributed by atoms with Gasteiger partial charge in [0.15, 0.2) is 0 Å². The first-order chi connectivity index (χ1) is 10.8. The maximum Gasteiger partial charge on any atom is 0.269 e. The summed E-state index contributed by atoms with van der Waals surface area (Å²) in [5, 5.41) is 6.77. The second-order valence-electron chi connectivity index (χ2n) is 6.37. The molecule has 23 heavy (non-hydrogen) atoms. The Labute approximate surface area is 135 Å². The molecule has 0 aliphatic carbocycles. The number of rotatable bonds is 5. The maximum atomic E-state index is 11.9. The van der Waals surface area contributed by atoms with E-state index in [2.05, 4.69) is 15.3 Å². The minimum Gasteiger partial charge on any atom is -0.364 e. The number of nitrogens with two attached hydrogens (primary N) is 1. The number of aldehydes is 1. The molecule has 2 amide bonds. The summed E-state index contributed by atoms with van der Waals surface area (Å²) in [4.78, 5) is 37.2. The molecule has 0 radical (unpaired) electrons. The first-order valence-electron chi connectivity index (χ1n) is 7.58. The minimum absolute atomic E-state index is 0.0709. The van der Waals surface area contributed by atoms with Gasteiger partial charge in [-0.15, -0.1) is 0 Å². The van der Waals surface area contributed by atoms with Gasteiger partial charge in [-0.05, 0) is 19.9 Å². The number of nitrogens with zero attached hydrogens (tertiary/aromatic N) is 3. The van der Waals surface area contributed by atoms with Crippen molar-refractivity contribution >= 4 is 18.1 Å². The molecule has 1 aromatic heterocycles. The molecule has 2 rings (SSSR count). The maximum absolute atomic E-state index is 11.9. The monoisotopic (exact) mass is 321 g/mol. The Morgan fingerprint density at radius 3 is 2.70 bits per heavy atom. The van der Waals surface area contributed by atoms with Crippen LogP contribution >= 0.6 is 0 Å². The van der Waals surface area contributed by atoms with Gasteiger partial charge in [0.1, 0.15) is 12.0 Å². The van der Waals surface area contributed by atoms with Crippen molar-refractivity contribution in [2.75, 3.05) is 13.6 Å². The lowest BCUT2D eigenvalue weighted by Crippen LogP contribution is -2.44. The molecule has 8 heteroatoms. The molecule has 2 heterocycles. The average molecular weight is 321 g/mol. The molecule has 0 spiro atoms. The first-order valence-corrected chi connectivity index (χ1v) is 7.58. The van der Waals surface area contributed by atoms with Crippen molar-refractivity contribution in [2.45, 2.75) is 39.4 Å². The van der Waals surface area contributed by atoms with Gasteiger partial charge in [0.2, 0.25) is 5.91 Å². The van der Waals surface area contributed by atoms with Gasteiger partial charge in [0, 0.05) is 32.6 Å². The Morgan fingerprint density at radius 2 is 2.17 bits per heavy atom. The first kappa shape index (κ1) is 17.1.